The lowest BCUT2D eigenvalue weighted by Crippen LogP contribution is -2.02. The van der Waals surface area contributed by atoms with Gasteiger partial charge in [-0.05, 0) is 41.1 Å². The zero-order valence-electron chi connectivity index (χ0n) is 15.3. The maximum Gasteiger partial charge on any atom is 0.269 e. The molecule has 140 valence electrons. The van der Waals surface area contributed by atoms with E-state index in [0.717, 1.165) is 49.2 Å². The van der Waals surface area contributed by atoms with Gasteiger partial charge in [0.1, 0.15) is 17.3 Å². The van der Waals surface area contributed by atoms with Crippen molar-refractivity contribution in [2.75, 3.05) is 7.11 Å². The maximum atomic E-state index is 10.9. The number of furan rings is 2. The van der Waals surface area contributed by atoms with Gasteiger partial charge in [0.05, 0.1) is 30.1 Å². The van der Waals surface area contributed by atoms with E-state index in [1.54, 1.807) is 31.8 Å². The summed E-state index contributed by atoms with van der Waals surface area (Å²) >= 11 is 0. The van der Waals surface area contributed by atoms with Gasteiger partial charge in [0.25, 0.3) is 5.69 Å². The van der Waals surface area contributed by atoms with Gasteiger partial charge in [0, 0.05) is 33.5 Å². The summed E-state index contributed by atoms with van der Waals surface area (Å²) in [7, 11) is 2.40. The number of nitro benzene ring substituents is 1. The summed E-state index contributed by atoms with van der Waals surface area (Å²) in [6.07, 6.45) is 3.38. The first-order chi connectivity index (χ1) is 13.6. The van der Waals surface area contributed by atoms with Gasteiger partial charge >= 0.3 is 0 Å². The topological polar surface area (TPSA) is 78.7 Å². The zero-order valence-corrected chi connectivity index (χ0v) is 17.3. The Balaban J connectivity index is 1.80. The lowest BCUT2D eigenvalue weighted by atomic mass is 10.00. The molecule has 0 spiro atoms. The van der Waals surface area contributed by atoms with Gasteiger partial charge in [-0.3, -0.25) is 10.1 Å². The van der Waals surface area contributed by atoms with Crippen LogP contribution in [0.1, 0.15) is 0 Å². The van der Waals surface area contributed by atoms with Gasteiger partial charge in [0.15, 0.2) is 0 Å². The molecule has 0 bridgehead atoms. The van der Waals surface area contributed by atoms with Gasteiger partial charge in [0.2, 0.25) is 0 Å². The van der Waals surface area contributed by atoms with E-state index in [4.69, 9.17) is 13.6 Å². The minimum absolute atomic E-state index is 0.0415. The molecule has 2 aromatic carbocycles. The van der Waals surface area contributed by atoms with Crippen molar-refractivity contribution in [3.05, 3.63) is 77.2 Å². The summed E-state index contributed by atoms with van der Waals surface area (Å²) in [4.78, 5) is 10.5. The Labute approximate surface area is 163 Å². The lowest BCUT2D eigenvalue weighted by molar-refractivity contribution is -0.384. The maximum absolute atomic E-state index is 10.9. The quantitative estimate of drug-likeness (QED) is 0.294. The number of rotatable bonds is 5. The number of ether oxygens (including phenoxy) is 1. The molecule has 6 nitrogen and oxygen atoms in total. The molecule has 0 aliphatic carbocycles. The largest absolute Gasteiger partial charge is 0.497 e. The van der Waals surface area contributed by atoms with Crippen LogP contribution in [0.5, 0.6) is 5.75 Å². The van der Waals surface area contributed by atoms with Crippen molar-refractivity contribution < 1.29 is 18.5 Å². The van der Waals surface area contributed by atoms with E-state index < -0.39 is 4.92 Å². The fourth-order valence-electron chi connectivity index (χ4n) is 3.17. The van der Waals surface area contributed by atoms with E-state index >= 15 is 0 Å². The molecule has 0 aliphatic rings. The second-order valence-electron chi connectivity index (χ2n) is 6.32. The average Bonchev–Trinajstić information content (AvgIpc) is 3.34. The van der Waals surface area contributed by atoms with E-state index in [9.17, 15) is 10.1 Å². The molecule has 0 saturated heterocycles. The lowest BCUT2D eigenvalue weighted by Gasteiger charge is -2.07. The number of hydrogen-bond acceptors (Lipinski definition) is 5. The number of hydrogen-bond donors (Lipinski definition) is 0. The van der Waals surface area contributed by atoms with Crippen LogP contribution in [0.2, 0.25) is 0 Å². The molecule has 0 atom stereocenters. The predicted octanol–water partition coefficient (Wildman–Crippen LogP) is 3.78. The molecular weight excluding hydrogens is 374 g/mol. The molecule has 0 unspecified atom stereocenters. The van der Waals surface area contributed by atoms with Crippen molar-refractivity contribution in [2.24, 2.45) is 0 Å². The van der Waals surface area contributed by atoms with Crippen LogP contribution >= 0.6 is 0 Å². The third-order valence-corrected chi connectivity index (χ3v) is 5.34. The zero-order chi connectivity index (χ0) is 19.7. The van der Waals surface area contributed by atoms with Crippen molar-refractivity contribution in [2.45, 2.75) is 0 Å². The second-order valence-corrected chi connectivity index (χ2v) is 7.40. The Morgan fingerprint density at radius 1 is 0.929 bits per heavy atom. The molecule has 7 heteroatoms. The third-order valence-electron chi connectivity index (χ3n) is 4.61. The van der Waals surface area contributed by atoms with Crippen molar-refractivity contribution >= 4 is 21.1 Å². The van der Waals surface area contributed by atoms with E-state index in [1.165, 1.54) is 12.1 Å². The van der Waals surface area contributed by atoms with Crippen LogP contribution < -0.4 is 9.92 Å². The van der Waals surface area contributed by atoms with Gasteiger partial charge in [-0.2, -0.15) is 0 Å². The first-order valence-electron chi connectivity index (χ1n) is 8.63. The molecule has 2 aromatic heterocycles. The monoisotopic (exact) mass is 391 g/mol. The van der Waals surface area contributed by atoms with Crippen molar-refractivity contribution in [1.29, 1.82) is 0 Å². The molecule has 0 N–H and O–H groups in total. The molecule has 0 saturated carbocycles. The first-order valence-corrected chi connectivity index (χ1v) is 9.63. The Hall–Kier alpha value is -3.58. The van der Waals surface area contributed by atoms with Crippen LogP contribution in [-0.2, 0) is 0 Å². The van der Waals surface area contributed by atoms with Gasteiger partial charge < -0.3 is 13.6 Å². The second kappa shape index (κ2) is 7.20. The summed E-state index contributed by atoms with van der Waals surface area (Å²) in [5, 5.41) is 12.0. The van der Waals surface area contributed by atoms with E-state index in [2.05, 4.69) is 0 Å². The molecule has 0 radical (unpaired) electrons. The summed E-state index contributed by atoms with van der Waals surface area (Å²) in [5.41, 5.74) is 3.64. The molecule has 2 heterocycles. The summed E-state index contributed by atoms with van der Waals surface area (Å²) in [6, 6.07) is 16.0. The van der Waals surface area contributed by atoms with Crippen LogP contribution in [0.3, 0.4) is 0 Å². The van der Waals surface area contributed by atoms with Crippen LogP contribution in [0.15, 0.2) is 76.0 Å². The predicted molar refractivity (Wildman–Crippen MR) is 110 cm³/mol. The van der Waals surface area contributed by atoms with Crippen molar-refractivity contribution in [3.8, 4) is 39.5 Å². The fraction of sp³-hybridized carbons (Fsp3) is 0.0476. The highest BCUT2D eigenvalue weighted by Crippen LogP contribution is 2.39. The highest BCUT2D eigenvalue weighted by atomic mass is 28.1. The fourth-order valence-corrected chi connectivity index (χ4v) is 3.75. The minimum atomic E-state index is -0.417. The number of benzene rings is 2. The Morgan fingerprint density at radius 2 is 1.61 bits per heavy atom. The molecule has 0 amide bonds. The van der Waals surface area contributed by atoms with Crippen LogP contribution in [0.25, 0.3) is 33.8 Å². The van der Waals surface area contributed by atoms with E-state index in [-0.39, 0.29) is 5.69 Å². The van der Waals surface area contributed by atoms with Crippen molar-refractivity contribution in [3.63, 3.8) is 0 Å². The first kappa shape index (κ1) is 17.8. The van der Waals surface area contributed by atoms with Crippen molar-refractivity contribution in [1.82, 2.24) is 0 Å². The van der Waals surface area contributed by atoms with Crippen LogP contribution in [0, 0.1) is 10.1 Å². The van der Waals surface area contributed by atoms with Gasteiger partial charge in [-0.1, -0.05) is 12.1 Å². The Morgan fingerprint density at radius 3 is 2.25 bits per heavy atom. The molecular formula is C21H17NO5Si. The van der Waals surface area contributed by atoms with E-state index in [1.807, 2.05) is 30.3 Å². The van der Waals surface area contributed by atoms with Crippen LogP contribution in [0.4, 0.5) is 5.69 Å². The van der Waals surface area contributed by atoms with Gasteiger partial charge in [-0.15, -0.1) is 0 Å². The molecule has 0 aliphatic heterocycles. The summed E-state index contributed by atoms with van der Waals surface area (Å²) in [5.74, 6) is 2.15. The summed E-state index contributed by atoms with van der Waals surface area (Å²) in [6.45, 7) is 0. The summed E-state index contributed by atoms with van der Waals surface area (Å²) < 4.78 is 16.9. The Bertz CT molecular complexity index is 1130. The van der Waals surface area contributed by atoms with E-state index in [0.29, 0.717) is 5.76 Å². The number of nitrogens with zero attached hydrogens (tertiary/aromatic N) is 1. The molecule has 0 fully saturated rings. The highest BCUT2D eigenvalue weighted by Gasteiger charge is 2.21. The molecule has 28 heavy (non-hydrogen) atoms. The standard InChI is InChI=1S/C21H17NO5Si/c1-25-16-8-4-13(5-9-16)17-10-11-26-21(17)19-18(28)12-27-20(19)14-2-6-15(7-3-14)22(23)24/h2-12H,1,28H3. The van der Waals surface area contributed by atoms with Crippen LogP contribution in [-0.4, -0.2) is 22.3 Å². The number of non-ortho nitro benzene ring substituents is 1. The third kappa shape index (κ3) is 3.12. The van der Waals surface area contributed by atoms with Gasteiger partial charge in [-0.25, -0.2) is 0 Å². The number of methoxy groups -OCH3 is 1. The normalized spacial score (nSPS) is 10.9. The SMILES string of the molecule is COc1ccc(-c2ccoc2-c2c([SiH3])coc2-c2ccc([N+](=O)[O-])cc2)cc1. The smallest absolute Gasteiger partial charge is 0.269 e. The minimum Gasteiger partial charge on any atom is -0.497 e. The highest BCUT2D eigenvalue weighted by molar-refractivity contribution is 6.36. The molecule has 4 aromatic rings. The molecule has 4 rings (SSSR count). The number of nitro groups is 1. The Kier molecular flexibility index (Phi) is 4.58. The average molecular weight is 391 g/mol.